The van der Waals surface area contributed by atoms with Crippen LogP contribution >= 0.6 is 15.9 Å². The fourth-order valence-corrected chi connectivity index (χ4v) is 3.78. The van der Waals surface area contributed by atoms with Crippen molar-refractivity contribution in [1.29, 1.82) is 0 Å². The molecule has 130 valence electrons. The number of benzene rings is 1. The molecule has 0 bridgehead atoms. The number of nitrogens with one attached hydrogen (secondary N) is 3. The molecule has 0 aliphatic rings. The van der Waals surface area contributed by atoms with Crippen molar-refractivity contribution in [2.75, 3.05) is 0 Å². The third kappa shape index (κ3) is 3.97. The summed E-state index contributed by atoms with van der Waals surface area (Å²) in [4.78, 5) is 25.9. The molecular weight excluding hydrogens is 412 g/mol. The minimum atomic E-state index is -4.60. The molecule has 1 aromatic heterocycles. The molecule has 0 amide bonds. The van der Waals surface area contributed by atoms with Gasteiger partial charge in [-0.1, -0.05) is 28.1 Å². The molecule has 2 aromatic rings. The molecule has 1 atom stereocenters. The van der Waals surface area contributed by atoms with E-state index in [0.717, 1.165) is 0 Å². The van der Waals surface area contributed by atoms with Gasteiger partial charge in [-0.2, -0.15) is 4.72 Å². The third-order valence-electron chi connectivity index (χ3n) is 3.11. The second-order valence-electron chi connectivity index (χ2n) is 4.85. The predicted molar refractivity (Wildman–Crippen MR) is 85.6 cm³/mol. The number of rotatable bonds is 5. The van der Waals surface area contributed by atoms with Gasteiger partial charge in [-0.3, -0.25) is 9.78 Å². The molecule has 0 aliphatic carbocycles. The highest BCUT2D eigenvalue weighted by molar-refractivity contribution is 9.10. The van der Waals surface area contributed by atoms with Gasteiger partial charge in [-0.25, -0.2) is 22.0 Å². The van der Waals surface area contributed by atoms with Crippen molar-refractivity contribution in [3.63, 3.8) is 0 Å². The van der Waals surface area contributed by atoms with Gasteiger partial charge in [-0.15, -0.1) is 0 Å². The Labute approximate surface area is 143 Å². The largest absolute Gasteiger partial charge is 0.325 e. The topological polar surface area (TPSA) is 112 Å². The highest BCUT2D eigenvalue weighted by Crippen LogP contribution is 2.24. The first kappa shape index (κ1) is 18.5. The summed E-state index contributed by atoms with van der Waals surface area (Å²) in [6.07, 6.45) is -3.05. The van der Waals surface area contributed by atoms with Gasteiger partial charge in [0, 0.05) is 10.2 Å². The van der Waals surface area contributed by atoms with Gasteiger partial charge in [-0.05, 0) is 24.6 Å². The van der Waals surface area contributed by atoms with Crippen LogP contribution in [-0.4, -0.2) is 24.8 Å². The molecule has 0 saturated carbocycles. The van der Waals surface area contributed by atoms with Gasteiger partial charge in [0.25, 0.3) is 12.0 Å². The van der Waals surface area contributed by atoms with Crippen LogP contribution in [0.2, 0.25) is 0 Å². The summed E-state index contributed by atoms with van der Waals surface area (Å²) in [5, 5.41) is 0. The number of hydrogen-bond acceptors (Lipinski definition) is 4. The summed E-state index contributed by atoms with van der Waals surface area (Å²) in [6, 6.07) is 3.77. The highest BCUT2D eigenvalue weighted by Gasteiger charge is 2.31. The first-order valence-corrected chi connectivity index (χ1v) is 8.78. The molecule has 0 radical (unpaired) electrons. The molecule has 0 aliphatic heterocycles. The second-order valence-corrected chi connectivity index (χ2v) is 7.41. The van der Waals surface area contributed by atoms with Gasteiger partial charge in [0.15, 0.2) is 4.90 Å². The zero-order chi connectivity index (χ0) is 18.1. The smallest absolute Gasteiger partial charge is 0.310 e. The highest BCUT2D eigenvalue weighted by atomic mass is 79.9. The molecule has 1 heterocycles. The minimum Gasteiger partial charge on any atom is -0.310 e. The molecule has 24 heavy (non-hydrogen) atoms. The lowest BCUT2D eigenvalue weighted by Gasteiger charge is -2.18. The van der Waals surface area contributed by atoms with Crippen LogP contribution in [0.3, 0.4) is 0 Å². The van der Waals surface area contributed by atoms with E-state index in [-0.39, 0.29) is 11.3 Å². The lowest BCUT2D eigenvalue weighted by molar-refractivity contribution is 0.109. The Morgan fingerprint density at radius 3 is 2.21 bits per heavy atom. The van der Waals surface area contributed by atoms with E-state index in [0.29, 0.717) is 4.47 Å². The van der Waals surface area contributed by atoms with Crippen LogP contribution in [0.1, 0.15) is 17.3 Å². The molecule has 1 aromatic carbocycles. The Kier molecular flexibility index (Phi) is 5.35. The Balaban J connectivity index is 2.48. The maximum atomic E-state index is 13.3. The lowest BCUT2D eigenvalue weighted by Crippen LogP contribution is -2.38. The molecular formula is C13H12BrF2N3O4S. The van der Waals surface area contributed by atoms with Crippen molar-refractivity contribution >= 4 is 26.0 Å². The van der Waals surface area contributed by atoms with E-state index in [4.69, 9.17) is 0 Å². The monoisotopic (exact) mass is 423 g/mol. The summed E-state index contributed by atoms with van der Waals surface area (Å²) in [5.41, 5.74) is -2.31. The maximum absolute atomic E-state index is 13.3. The van der Waals surface area contributed by atoms with E-state index in [1.54, 1.807) is 4.98 Å². The standard InChI is InChI=1S/C13H12BrF2N3O4S/c1-6-10(12(20)18-13(21)17-6)24(22,23)19-9(11(15)16)7-2-4-8(14)5-3-7/h2-5,9,11,19H,1H3,(H2,17,18,20,21)/t9-/m0/s1. The number of halogens is 3. The van der Waals surface area contributed by atoms with E-state index in [1.807, 2.05) is 4.72 Å². The van der Waals surface area contributed by atoms with Crippen LogP contribution in [0.4, 0.5) is 8.78 Å². The molecule has 2 rings (SSSR count). The number of aromatic nitrogens is 2. The summed E-state index contributed by atoms with van der Waals surface area (Å²) >= 11 is 3.15. The van der Waals surface area contributed by atoms with E-state index >= 15 is 0 Å². The van der Waals surface area contributed by atoms with Gasteiger partial charge >= 0.3 is 5.69 Å². The fraction of sp³-hybridized carbons (Fsp3) is 0.231. The minimum absolute atomic E-state index is 0.0234. The molecule has 0 saturated heterocycles. The van der Waals surface area contributed by atoms with Gasteiger partial charge in [0.2, 0.25) is 10.0 Å². The number of aromatic amines is 2. The average Bonchev–Trinajstić information content (AvgIpc) is 2.44. The summed E-state index contributed by atoms with van der Waals surface area (Å²) < 4.78 is 53.8. The zero-order valence-electron chi connectivity index (χ0n) is 12.1. The Hall–Kier alpha value is -1.85. The molecule has 7 nitrogen and oxygen atoms in total. The first-order chi connectivity index (χ1) is 11.1. The van der Waals surface area contributed by atoms with Crippen LogP contribution in [0.5, 0.6) is 0 Å². The molecule has 0 fully saturated rings. The fourth-order valence-electron chi connectivity index (χ4n) is 2.07. The number of H-pyrrole nitrogens is 2. The molecule has 3 N–H and O–H groups in total. The van der Waals surface area contributed by atoms with Gasteiger partial charge in [0.05, 0.1) is 0 Å². The van der Waals surface area contributed by atoms with Crippen LogP contribution < -0.4 is 16.0 Å². The zero-order valence-corrected chi connectivity index (χ0v) is 14.5. The van der Waals surface area contributed by atoms with Crippen LogP contribution in [-0.2, 0) is 10.0 Å². The van der Waals surface area contributed by atoms with E-state index in [9.17, 15) is 26.8 Å². The Morgan fingerprint density at radius 1 is 1.12 bits per heavy atom. The lowest BCUT2D eigenvalue weighted by atomic mass is 10.1. The van der Waals surface area contributed by atoms with Crippen LogP contribution in [0.25, 0.3) is 0 Å². The van der Waals surface area contributed by atoms with Crippen molar-refractivity contribution in [2.24, 2.45) is 0 Å². The molecule has 0 spiro atoms. The number of aryl methyl sites for hydroxylation is 1. The molecule has 0 unspecified atom stereocenters. The van der Waals surface area contributed by atoms with E-state index in [1.165, 1.54) is 31.2 Å². The van der Waals surface area contributed by atoms with Gasteiger partial charge in [0.1, 0.15) is 6.04 Å². The number of alkyl halides is 2. The summed E-state index contributed by atoms with van der Waals surface area (Å²) in [5.74, 6) is 0. The van der Waals surface area contributed by atoms with E-state index < -0.39 is 38.6 Å². The summed E-state index contributed by atoms with van der Waals surface area (Å²) in [6.45, 7) is 1.18. The maximum Gasteiger partial charge on any atom is 0.325 e. The van der Waals surface area contributed by atoms with Crippen molar-refractivity contribution < 1.29 is 17.2 Å². The van der Waals surface area contributed by atoms with Crippen LogP contribution in [0, 0.1) is 6.92 Å². The van der Waals surface area contributed by atoms with Crippen molar-refractivity contribution in [3.05, 3.63) is 60.8 Å². The first-order valence-electron chi connectivity index (χ1n) is 6.51. The number of sulfonamides is 1. The predicted octanol–water partition coefficient (Wildman–Crippen LogP) is 1.42. The van der Waals surface area contributed by atoms with Crippen molar-refractivity contribution in [1.82, 2.24) is 14.7 Å². The summed E-state index contributed by atoms with van der Waals surface area (Å²) in [7, 11) is -4.60. The Morgan fingerprint density at radius 2 is 1.71 bits per heavy atom. The van der Waals surface area contributed by atoms with E-state index in [2.05, 4.69) is 20.9 Å². The van der Waals surface area contributed by atoms with Gasteiger partial charge < -0.3 is 4.98 Å². The second kappa shape index (κ2) is 6.95. The van der Waals surface area contributed by atoms with Crippen molar-refractivity contribution in [3.8, 4) is 0 Å². The van der Waals surface area contributed by atoms with Crippen LogP contribution in [0.15, 0.2) is 43.2 Å². The Bertz CT molecular complexity index is 954. The quantitative estimate of drug-likeness (QED) is 0.674. The third-order valence-corrected chi connectivity index (χ3v) is 5.23. The molecule has 11 heteroatoms. The normalized spacial score (nSPS) is 13.2. The average molecular weight is 424 g/mol. The van der Waals surface area contributed by atoms with Crippen molar-refractivity contribution in [2.45, 2.75) is 24.3 Å². The SMILES string of the molecule is Cc1[nH]c(=O)[nH]c(=O)c1S(=O)(=O)N[C@@H](c1ccc(Br)cc1)C(F)F. The number of hydrogen-bond donors (Lipinski definition) is 3.